The van der Waals surface area contributed by atoms with Crippen molar-refractivity contribution in [2.75, 3.05) is 0 Å². The minimum Gasteiger partial charge on any atom is -0.478 e. The maximum atomic E-state index is 12.1. The third-order valence-corrected chi connectivity index (χ3v) is 2.38. The van der Waals surface area contributed by atoms with Gasteiger partial charge in [-0.05, 0) is 6.07 Å². The number of hydrogen-bond acceptors (Lipinski definition) is 2. The zero-order valence-electron chi connectivity index (χ0n) is 9.47. The zero-order valence-corrected chi connectivity index (χ0v) is 10.2. The molecule has 0 aliphatic heterocycles. The van der Waals surface area contributed by atoms with Gasteiger partial charge in [0.2, 0.25) is 0 Å². The summed E-state index contributed by atoms with van der Waals surface area (Å²) in [5, 5.41) is 9.01. The molecule has 1 N–H and O–H groups in total. The van der Waals surface area contributed by atoms with Crippen LogP contribution < -0.4 is 0 Å². The Balaban J connectivity index is 3.26. The molecule has 0 aliphatic rings. The molecule has 0 spiro atoms. The second kappa shape index (κ2) is 6.57. The van der Waals surface area contributed by atoms with Gasteiger partial charge in [-0.15, -0.1) is 0 Å². The highest BCUT2D eigenvalue weighted by Crippen LogP contribution is 2.15. The number of benzene rings is 1. The molecule has 0 saturated heterocycles. The molecule has 92 valence electrons. The molecule has 0 amide bonds. The average molecular weight is 263 g/mol. The van der Waals surface area contributed by atoms with Crippen molar-refractivity contribution in [1.82, 2.24) is 0 Å². The van der Waals surface area contributed by atoms with Crippen molar-refractivity contribution in [3.63, 3.8) is 0 Å². The second-order valence-electron chi connectivity index (χ2n) is 3.32. The zero-order chi connectivity index (χ0) is 13.5. The lowest BCUT2D eigenvalue weighted by atomic mass is 9.98. The molecular formula is C14H11ClO3. The van der Waals surface area contributed by atoms with E-state index in [-0.39, 0.29) is 16.7 Å². The van der Waals surface area contributed by atoms with Crippen molar-refractivity contribution >= 4 is 23.4 Å². The van der Waals surface area contributed by atoms with E-state index in [0.717, 1.165) is 0 Å². The number of halogens is 1. The molecule has 4 heteroatoms. The van der Waals surface area contributed by atoms with E-state index in [9.17, 15) is 9.59 Å². The third kappa shape index (κ3) is 3.18. The number of rotatable bonds is 5. The summed E-state index contributed by atoms with van der Waals surface area (Å²) in [7, 11) is 0. The van der Waals surface area contributed by atoms with Crippen LogP contribution in [0, 0.1) is 0 Å². The average Bonchev–Trinajstić information content (AvgIpc) is 2.39. The summed E-state index contributed by atoms with van der Waals surface area (Å²) in [6.45, 7) is 3.52. The number of carboxylic acids is 1. The van der Waals surface area contributed by atoms with Gasteiger partial charge in [0.05, 0.1) is 5.56 Å². The topological polar surface area (TPSA) is 54.4 Å². The highest BCUT2D eigenvalue weighted by Gasteiger charge is 2.17. The van der Waals surface area contributed by atoms with E-state index in [1.54, 1.807) is 12.1 Å². The van der Waals surface area contributed by atoms with Gasteiger partial charge in [0.25, 0.3) is 0 Å². The Kier molecular flexibility index (Phi) is 5.08. The first-order chi connectivity index (χ1) is 8.61. The molecule has 18 heavy (non-hydrogen) atoms. The number of allylic oxidation sites excluding steroid dienone is 4. The predicted molar refractivity (Wildman–Crippen MR) is 71.0 cm³/mol. The second-order valence-corrected chi connectivity index (χ2v) is 3.58. The molecule has 0 atom stereocenters. The van der Waals surface area contributed by atoms with Crippen LogP contribution in [0.4, 0.5) is 0 Å². The Morgan fingerprint density at radius 3 is 2.33 bits per heavy atom. The molecule has 3 nitrogen and oxygen atoms in total. The van der Waals surface area contributed by atoms with Crippen molar-refractivity contribution in [1.29, 1.82) is 0 Å². The van der Waals surface area contributed by atoms with E-state index >= 15 is 0 Å². The highest BCUT2D eigenvalue weighted by molar-refractivity contribution is 6.25. The van der Waals surface area contributed by atoms with E-state index in [4.69, 9.17) is 16.7 Å². The smallest absolute Gasteiger partial charge is 0.336 e. The van der Waals surface area contributed by atoms with Gasteiger partial charge in [0.15, 0.2) is 5.78 Å². The normalized spacial score (nSPS) is 11.5. The number of carboxylic acid groups (broad SMARTS) is 1. The molecule has 0 aromatic heterocycles. The lowest BCUT2D eigenvalue weighted by molar-refractivity contribution is 0.0693. The standard InChI is InChI=1S/C14H11ClO3/c1-2-10(6-5-9-15)13(16)11-7-3-4-8-12(11)14(17)18/h2-9H,1H2,(H,17,18)/b9-5+,10-6+. The van der Waals surface area contributed by atoms with Crippen LogP contribution in [0.15, 0.2) is 60.2 Å². The Morgan fingerprint density at radius 1 is 1.22 bits per heavy atom. The van der Waals surface area contributed by atoms with E-state index in [1.807, 2.05) is 0 Å². The molecule has 0 saturated carbocycles. The van der Waals surface area contributed by atoms with Crippen LogP contribution >= 0.6 is 11.6 Å². The highest BCUT2D eigenvalue weighted by atomic mass is 35.5. The molecular weight excluding hydrogens is 252 g/mol. The van der Waals surface area contributed by atoms with E-state index in [1.165, 1.54) is 35.9 Å². The Labute approximate surface area is 110 Å². The minimum atomic E-state index is -1.14. The van der Waals surface area contributed by atoms with Crippen molar-refractivity contribution < 1.29 is 14.7 Å². The fraction of sp³-hybridized carbons (Fsp3) is 0. The molecule has 0 unspecified atom stereocenters. The molecule has 0 bridgehead atoms. The number of carbonyl (C=O) groups is 2. The van der Waals surface area contributed by atoms with Crippen LogP contribution in [-0.4, -0.2) is 16.9 Å². The van der Waals surface area contributed by atoms with Crippen LogP contribution in [-0.2, 0) is 0 Å². The summed E-state index contributed by atoms with van der Waals surface area (Å²) >= 11 is 5.37. The molecule has 0 aliphatic carbocycles. The van der Waals surface area contributed by atoms with Crippen LogP contribution in [0.2, 0.25) is 0 Å². The summed E-state index contributed by atoms with van der Waals surface area (Å²) in [5.41, 5.74) is 1.62. The van der Waals surface area contributed by atoms with E-state index in [0.29, 0.717) is 0 Å². The Bertz CT molecular complexity index is 542. The Morgan fingerprint density at radius 2 is 1.83 bits per heavy atom. The maximum absolute atomic E-state index is 12.1. The van der Waals surface area contributed by atoms with Gasteiger partial charge in [-0.1, -0.05) is 54.6 Å². The summed E-state index contributed by atoms with van der Waals surface area (Å²) in [6.07, 6.45) is 4.30. The van der Waals surface area contributed by atoms with Gasteiger partial charge in [-0.2, -0.15) is 0 Å². The summed E-state index contributed by atoms with van der Waals surface area (Å²) < 4.78 is 0. The first-order valence-corrected chi connectivity index (χ1v) is 5.52. The number of Topliss-reactive ketones (excluding diaryl/α,β-unsaturated/α-hetero) is 1. The van der Waals surface area contributed by atoms with Crippen molar-refractivity contribution in [3.8, 4) is 0 Å². The summed E-state index contributed by atoms with van der Waals surface area (Å²) in [6, 6.07) is 6.02. The lowest BCUT2D eigenvalue weighted by Crippen LogP contribution is -2.09. The van der Waals surface area contributed by atoms with Gasteiger partial charge in [0, 0.05) is 16.7 Å². The van der Waals surface area contributed by atoms with Gasteiger partial charge in [-0.3, -0.25) is 4.79 Å². The van der Waals surface area contributed by atoms with Gasteiger partial charge >= 0.3 is 5.97 Å². The predicted octanol–water partition coefficient (Wildman–Crippen LogP) is 3.43. The monoisotopic (exact) mass is 262 g/mol. The molecule has 1 rings (SSSR count). The largest absolute Gasteiger partial charge is 0.478 e. The summed E-state index contributed by atoms with van der Waals surface area (Å²) in [4.78, 5) is 23.1. The van der Waals surface area contributed by atoms with Crippen LogP contribution in [0.3, 0.4) is 0 Å². The molecule has 0 fully saturated rings. The fourth-order valence-corrected chi connectivity index (χ4v) is 1.47. The SMILES string of the molecule is C=C/C(=C\C=C\Cl)C(=O)c1ccccc1C(=O)O. The summed E-state index contributed by atoms with van der Waals surface area (Å²) in [5.74, 6) is -1.55. The van der Waals surface area contributed by atoms with Crippen molar-refractivity contribution in [2.45, 2.75) is 0 Å². The first-order valence-electron chi connectivity index (χ1n) is 5.08. The van der Waals surface area contributed by atoms with Crippen molar-refractivity contribution in [3.05, 3.63) is 71.3 Å². The maximum Gasteiger partial charge on any atom is 0.336 e. The number of ketones is 1. The molecule has 0 radical (unpaired) electrons. The first kappa shape index (κ1) is 13.9. The number of carbonyl (C=O) groups excluding carboxylic acids is 1. The van der Waals surface area contributed by atoms with Gasteiger partial charge in [-0.25, -0.2) is 4.79 Å². The fourth-order valence-electron chi connectivity index (χ4n) is 1.40. The number of aromatic carboxylic acids is 1. The lowest BCUT2D eigenvalue weighted by Gasteiger charge is -2.05. The number of hydrogen-bond donors (Lipinski definition) is 1. The van der Waals surface area contributed by atoms with E-state index < -0.39 is 11.8 Å². The molecule has 0 heterocycles. The van der Waals surface area contributed by atoms with Gasteiger partial charge < -0.3 is 5.11 Å². The van der Waals surface area contributed by atoms with Crippen LogP contribution in [0.1, 0.15) is 20.7 Å². The quantitative estimate of drug-likeness (QED) is 0.502. The molecule has 1 aromatic carbocycles. The van der Waals surface area contributed by atoms with Crippen molar-refractivity contribution in [2.24, 2.45) is 0 Å². The van der Waals surface area contributed by atoms with E-state index in [2.05, 4.69) is 6.58 Å². The molecule has 1 aromatic rings. The Hall–Kier alpha value is -2.13. The minimum absolute atomic E-state index is 0.0369. The third-order valence-electron chi connectivity index (χ3n) is 2.23. The van der Waals surface area contributed by atoms with Crippen LogP contribution in [0.5, 0.6) is 0 Å². The van der Waals surface area contributed by atoms with Gasteiger partial charge in [0.1, 0.15) is 0 Å². The van der Waals surface area contributed by atoms with Crippen LogP contribution in [0.25, 0.3) is 0 Å².